The lowest BCUT2D eigenvalue weighted by Crippen LogP contribution is -2.16. The Labute approximate surface area is 146 Å². The van der Waals surface area contributed by atoms with Crippen LogP contribution in [0.1, 0.15) is 26.4 Å². The van der Waals surface area contributed by atoms with Gasteiger partial charge in [0.15, 0.2) is 5.78 Å². The molecule has 0 aliphatic heterocycles. The number of nitrogens with one attached hydrogen (secondary N) is 2. The Morgan fingerprint density at radius 1 is 1.00 bits per heavy atom. The highest BCUT2D eigenvalue weighted by Gasteiger charge is 2.17. The van der Waals surface area contributed by atoms with Crippen LogP contribution in [0.4, 0.5) is 5.69 Å². The number of para-hydroxylation sites is 1. The van der Waals surface area contributed by atoms with Gasteiger partial charge < -0.3 is 5.32 Å². The number of ketones is 1. The van der Waals surface area contributed by atoms with Gasteiger partial charge in [-0.15, -0.1) is 0 Å². The maximum absolute atomic E-state index is 12.6. The number of carbonyl (C=O) groups excluding carboxylic acids is 2. The molecular weight excluding hydrogens is 405 g/mol. The molecule has 0 atom stereocenters. The molecule has 0 aliphatic rings. The van der Waals surface area contributed by atoms with Crippen LogP contribution in [0.3, 0.4) is 0 Å². The number of benzene rings is 2. The Bertz CT molecular complexity index is 859. The molecule has 1 heterocycles. The van der Waals surface area contributed by atoms with E-state index in [1.165, 1.54) is 0 Å². The van der Waals surface area contributed by atoms with E-state index in [4.69, 9.17) is 0 Å². The minimum atomic E-state index is -0.333. The van der Waals surface area contributed by atoms with E-state index in [-0.39, 0.29) is 11.7 Å². The van der Waals surface area contributed by atoms with E-state index in [2.05, 4.69) is 15.5 Å². The molecule has 2 N–H and O–H groups in total. The number of carbonyl (C=O) groups is 2. The fourth-order valence-electron chi connectivity index (χ4n) is 2.15. The van der Waals surface area contributed by atoms with Crippen molar-refractivity contribution in [1.82, 2.24) is 10.2 Å². The van der Waals surface area contributed by atoms with Gasteiger partial charge in [-0.3, -0.25) is 14.7 Å². The molecule has 5 nitrogen and oxygen atoms in total. The summed E-state index contributed by atoms with van der Waals surface area (Å²) in [6, 6.07) is 15.9. The molecule has 1 aromatic heterocycles. The summed E-state index contributed by atoms with van der Waals surface area (Å²) in [6.45, 7) is 0. The molecule has 0 saturated heterocycles. The minimum absolute atomic E-state index is 0.138. The van der Waals surface area contributed by atoms with Crippen molar-refractivity contribution in [3.63, 3.8) is 0 Å². The summed E-state index contributed by atoms with van der Waals surface area (Å²) in [5, 5.41) is 9.25. The van der Waals surface area contributed by atoms with E-state index in [0.29, 0.717) is 26.1 Å². The fraction of sp³-hybridized carbons (Fsp3) is 0. The third-order valence-electron chi connectivity index (χ3n) is 3.28. The zero-order valence-corrected chi connectivity index (χ0v) is 14.1. The fourth-order valence-corrected chi connectivity index (χ4v) is 2.66. The van der Waals surface area contributed by atoms with Crippen LogP contribution in [0, 0.1) is 3.57 Å². The van der Waals surface area contributed by atoms with Gasteiger partial charge in [0.2, 0.25) is 0 Å². The maximum Gasteiger partial charge on any atom is 0.274 e. The number of halogens is 1. The van der Waals surface area contributed by atoms with Crippen LogP contribution in [-0.2, 0) is 0 Å². The maximum atomic E-state index is 12.6. The van der Waals surface area contributed by atoms with E-state index in [1.54, 1.807) is 54.7 Å². The number of hydrogen-bond donors (Lipinski definition) is 2. The van der Waals surface area contributed by atoms with Crippen LogP contribution >= 0.6 is 22.6 Å². The van der Waals surface area contributed by atoms with Crippen LogP contribution < -0.4 is 5.32 Å². The first-order chi connectivity index (χ1) is 11.2. The normalized spacial score (nSPS) is 10.3. The second kappa shape index (κ2) is 6.74. The molecule has 0 unspecified atom stereocenters. The topological polar surface area (TPSA) is 74.8 Å². The van der Waals surface area contributed by atoms with Crippen LogP contribution in [0.15, 0.2) is 60.8 Å². The number of hydrogen-bond acceptors (Lipinski definition) is 3. The number of amides is 1. The first kappa shape index (κ1) is 15.4. The van der Waals surface area contributed by atoms with E-state index in [1.807, 2.05) is 28.7 Å². The van der Waals surface area contributed by atoms with Gasteiger partial charge in [-0.2, -0.15) is 5.10 Å². The summed E-state index contributed by atoms with van der Waals surface area (Å²) < 4.78 is 0.715. The highest BCUT2D eigenvalue weighted by Crippen LogP contribution is 2.20. The van der Waals surface area contributed by atoms with E-state index in [9.17, 15) is 9.59 Å². The summed E-state index contributed by atoms with van der Waals surface area (Å²) in [4.78, 5) is 24.9. The molecule has 114 valence electrons. The second-order valence-corrected chi connectivity index (χ2v) is 5.95. The van der Waals surface area contributed by atoms with Gasteiger partial charge in [-0.25, -0.2) is 0 Å². The van der Waals surface area contributed by atoms with Crippen LogP contribution in [0.25, 0.3) is 0 Å². The van der Waals surface area contributed by atoms with Crippen LogP contribution in [-0.4, -0.2) is 21.9 Å². The SMILES string of the molecule is O=C(c1ccccc1)c1ccccc1NC(=O)c1[nH]ncc1I. The van der Waals surface area contributed by atoms with Gasteiger partial charge in [-0.1, -0.05) is 42.5 Å². The number of aromatic amines is 1. The lowest BCUT2D eigenvalue weighted by atomic mass is 10.0. The average molecular weight is 417 g/mol. The molecule has 0 radical (unpaired) electrons. The second-order valence-electron chi connectivity index (χ2n) is 4.79. The van der Waals surface area contributed by atoms with Crippen molar-refractivity contribution < 1.29 is 9.59 Å². The van der Waals surface area contributed by atoms with Gasteiger partial charge in [0, 0.05) is 11.1 Å². The van der Waals surface area contributed by atoms with Gasteiger partial charge >= 0.3 is 0 Å². The molecule has 0 fully saturated rings. The van der Waals surface area contributed by atoms with Crippen molar-refractivity contribution >= 4 is 40.0 Å². The number of H-pyrrole nitrogens is 1. The van der Waals surface area contributed by atoms with E-state index >= 15 is 0 Å². The third-order valence-corrected chi connectivity index (χ3v) is 4.09. The molecule has 0 saturated carbocycles. The van der Waals surface area contributed by atoms with Crippen molar-refractivity contribution in [3.05, 3.63) is 81.2 Å². The summed E-state index contributed by atoms with van der Waals surface area (Å²) >= 11 is 2.02. The van der Waals surface area contributed by atoms with Crippen LogP contribution in [0.2, 0.25) is 0 Å². The van der Waals surface area contributed by atoms with Crippen LogP contribution in [0.5, 0.6) is 0 Å². The highest BCUT2D eigenvalue weighted by molar-refractivity contribution is 14.1. The molecule has 23 heavy (non-hydrogen) atoms. The Kier molecular flexibility index (Phi) is 4.52. The number of rotatable bonds is 4. The monoisotopic (exact) mass is 417 g/mol. The van der Waals surface area contributed by atoms with Crippen molar-refractivity contribution in [2.75, 3.05) is 5.32 Å². The molecule has 3 aromatic rings. The molecule has 6 heteroatoms. The van der Waals surface area contributed by atoms with Gasteiger partial charge in [-0.05, 0) is 34.7 Å². The quantitative estimate of drug-likeness (QED) is 0.504. The lowest BCUT2D eigenvalue weighted by molar-refractivity contribution is 0.102. The molecule has 1 amide bonds. The van der Waals surface area contributed by atoms with Crippen molar-refractivity contribution in [3.8, 4) is 0 Å². The summed E-state index contributed by atoms with van der Waals surface area (Å²) in [6.07, 6.45) is 1.57. The molecule has 0 spiro atoms. The predicted molar refractivity (Wildman–Crippen MR) is 95.6 cm³/mol. The minimum Gasteiger partial charge on any atom is -0.320 e. The molecule has 2 aromatic carbocycles. The first-order valence-corrected chi connectivity index (χ1v) is 7.93. The Balaban J connectivity index is 1.91. The number of nitrogens with zero attached hydrogens (tertiary/aromatic N) is 1. The smallest absolute Gasteiger partial charge is 0.274 e. The number of aromatic nitrogens is 2. The molecule has 0 aliphatic carbocycles. The van der Waals surface area contributed by atoms with Crippen molar-refractivity contribution in [1.29, 1.82) is 0 Å². The third kappa shape index (κ3) is 3.31. The first-order valence-electron chi connectivity index (χ1n) is 6.86. The van der Waals surface area contributed by atoms with Crippen molar-refractivity contribution in [2.45, 2.75) is 0 Å². The largest absolute Gasteiger partial charge is 0.320 e. The van der Waals surface area contributed by atoms with Gasteiger partial charge in [0.25, 0.3) is 5.91 Å². The molecule has 0 bridgehead atoms. The van der Waals surface area contributed by atoms with Gasteiger partial charge in [0.1, 0.15) is 5.69 Å². The zero-order valence-electron chi connectivity index (χ0n) is 11.9. The Morgan fingerprint density at radius 2 is 1.70 bits per heavy atom. The lowest BCUT2D eigenvalue weighted by Gasteiger charge is -2.10. The highest BCUT2D eigenvalue weighted by atomic mass is 127. The Morgan fingerprint density at radius 3 is 2.39 bits per heavy atom. The average Bonchev–Trinajstić information content (AvgIpc) is 3.02. The van der Waals surface area contributed by atoms with E-state index < -0.39 is 0 Å². The molecule has 3 rings (SSSR count). The Hall–Kier alpha value is -2.48. The standard InChI is InChI=1S/C17H12IN3O2/c18-13-10-19-21-15(13)17(23)20-14-9-5-4-8-12(14)16(22)11-6-2-1-3-7-11/h1-10H,(H,19,21)(H,20,23). The number of anilines is 1. The predicted octanol–water partition coefficient (Wildman–Crippen LogP) is 3.50. The van der Waals surface area contributed by atoms with Crippen molar-refractivity contribution in [2.24, 2.45) is 0 Å². The molecular formula is C17H12IN3O2. The summed E-state index contributed by atoms with van der Waals surface area (Å²) in [7, 11) is 0. The summed E-state index contributed by atoms with van der Waals surface area (Å²) in [5.74, 6) is -0.471. The van der Waals surface area contributed by atoms with Gasteiger partial charge in [0.05, 0.1) is 15.5 Å². The summed E-state index contributed by atoms with van der Waals surface area (Å²) in [5.41, 5.74) is 1.86. The zero-order chi connectivity index (χ0) is 16.2. The van der Waals surface area contributed by atoms with E-state index in [0.717, 1.165) is 0 Å².